The van der Waals surface area contributed by atoms with Crippen LogP contribution < -0.4 is 0 Å². The minimum atomic E-state index is -0.608. The van der Waals surface area contributed by atoms with Crippen molar-refractivity contribution in [1.82, 2.24) is 0 Å². The predicted molar refractivity (Wildman–Crippen MR) is 36.2 cm³/mol. The highest BCUT2D eigenvalue weighted by molar-refractivity contribution is 5.86. The largest absolute Gasteiger partial charge is 0.392 e. The van der Waals surface area contributed by atoms with Crippen LogP contribution in [0.2, 0.25) is 0 Å². The molecule has 0 spiro atoms. The summed E-state index contributed by atoms with van der Waals surface area (Å²) >= 11 is 0. The zero-order valence-corrected chi connectivity index (χ0v) is 5.87. The van der Waals surface area contributed by atoms with Crippen LogP contribution in [0.25, 0.3) is 0 Å². The van der Waals surface area contributed by atoms with Gasteiger partial charge in [-0.1, -0.05) is 19.4 Å². The molecule has 0 amide bonds. The van der Waals surface area contributed by atoms with Gasteiger partial charge in [0.1, 0.15) is 0 Å². The van der Waals surface area contributed by atoms with Gasteiger partial charge in [-0.15, -0.1) is 0 Å². The Labute approximate surface area is 59.7 Å². The summed E-state index contributed by atoms with van der Waals surface area (Å²) in [7, 11) is 0. The van der Waals surface area contributed by atoms with Gasteiger partial charge in [0.2, 0.25) is 0 Å². The standard InChI is InChI=1S/C7H10O3/c1-2-3-4-5-7(9)10-6-8/h4-6H,2-3H2,1H3/b5-4-. The molecule has 3 heteroatoms. The molecule has 0 aromatic heterocycles. The van der Waals surface area contributed by atoms with Gasteiger partial charge in [-0.05, 0) is 6.42 Å². The van der Waals surface area contributed by atoms with Gasteiger partial charge in [0.15, 0.2) is 0 Å². The first-order valence-corrected chi connectivity index (χ1v) is 3.12. The molecule has 0 aromatic carbocycles. The van der Waals surface area contributed by atoms with Gasteiger partial charge in [0.05, 0.1) is 0 Å². The van der Waals surface area contributed by atoms with Crippen LogP contribution in [-0.4, -0.2) is 12.4 Å². The normalized spacial score (nSPS) is 9.70. The second-order valence-electron chi connectivity index (χ2n) is 1.72. The molecule has 3 nitrogen and oxygen atoms in total. The Morgan fingerprint density at radius 3 is 2.80 bits per heavy atom. The highest BCUT2D eigenvalue weighted by atomic mass is 16.6. The average molecular weight is 142 g/mol. The lowest BCUT2D eigenvalue weighted by molar-refractivity contribution is -0.147. The van der Waals surface area contributed by atoms with Crippen LogP contribution in [0.15, 0.2) is 12.2 Å². The van der Waals surface area contributed by atoms with Crippen molar-refractivity contribution in [3.63, 3.8) is 0 Å². The molecule has 0 aliphatic heterocycles. The van der Waals surface area contributed by atoms with Crippen molar-refractivity contribution >= 4 is 12.4 Å². The van der Waals surface area contributed by atoms with Crippen molar-refractivity contribution in [2.45, 2.75) is 19.8 Å². The minimum absolute atomic E-state index is 0.124. The summed E-state index contributed by atoms with van der Waals surface area (Å²) in [5.74, 6) is -0.608. The van der Waals surface area contributed by atoms with Crippen molar-refractivity contribution in [3.8, 4) is 0 Å². The molecule has 0 bridgehead atoms. The molecule has 56 valence electrons. The molecule has 0 atom stereocenters. The summed E-state index contributed by atoms with van der Waals surface area (Å²) in [5, 5.41) is 0. The van der Waals surface area contributed by atoms with Gasteiger partial charge in [-0.2, -0.15) is 0 Å². The summed E-state index contributed by atoms with van der Waals surface area (Å²) in [6.45, 7) is 2.12. The molecule has 0 unspecified atom stereocenters. The summed E-state index contributed by atoms with van der Waals surface area (Å²) in [5.41, 5.74) is 0. The van der Waals surface area contributed by atoms with E-state index in [1.54, 1.807) is 6.08 Å². The Balaban J connectivity index is 3.45. The van der Waals surface area contributed by atoms with Crippen molar-refractivity contribution in [1.29, 1.82) is 0 Å². The fourth-order valence-corrected chi connectivity index (χ4v) is 0.433. The monoisotopic (exact) mass is 142 g/mol. The smallest absolute Gasteiger partial charge is 0.337 e. The number of esters is 1. The summed E-state index contributed by atoms with van der Waals surface area (Å²) < 4.78 is 3.98. The number of rotatable bonds is 4. The summed E-state index contributed by atoms with van der Waals surface area (Å²) in [6.07, 6.45) is 4.72. The van der Waals surface area contributed by atoms with Crippen LogP contribution in [0.3, 0.4) is 0 Å². The molecule has 10 heavy (non-hydrogen) atoms. The maximum absolute atomic E-state index is 10.4. The fourth-order valence-electron chi connectivity index (χ4n) is 0.433. The van der Waals surface area contributed by atoms with E-state index in [2.05, 4.69) is 4.74 Å². The zero-order chi connectivity index (χ0) is 7.82. The third-order valence-electron chi connectivity index (χ3n) is 0.874. The Kier molecular flexibility index (Phi) is 5.33. The molecule has 0 aromatic rings. The Morgan fingerprint density at radius 1 is 1.60 bits per heavy atom. The highest BCUT2D eigenvalue weighted by Gasteiger charge is 1.90. The quantitative estimate of drug-likeness (QED) is 0.255. The summed E-state index contributed by atoms with van der Waals surface area (Å²) in [6, 6.07) is 0. The number of unbranched alkanes of at least 4 members (excludes halogenated alkanes) is 1. The number of hydrogen-bond donors (Lipinski definition) is 0. The molecule has 0 radical (unpaired) electrons. The van der Waals surface area contributed by atoms with Crippen LogP contribution >= 0.6 is 0 Å². The molecular formula is C7H10O3. The van der Waals surface area contributed by atoms with Gasteiger partial charge < -0.3 is 4.74 Å². The second-order valence-corrected chi connectivity index (χ2v) is 1.72. The van der Waals surface area contributed by atoms with Crippen LogP contribution in [-0.2, 0) is 14.3 Å². The fraction of sp³-hybridized carbons (Fsp3) is 0.429. The second kappa shape index (κ2) is 6.01. The molecule has 0 saturated carbocycles. The first-order valence-electron chi connectivity index (χ1n) is 3.12. The van der Waals surface area contributed by atoms with Crippen molar-refractivity contribution < 1.29 is 14.3 Å². The van der Waals surface area contributed by atoms with E-state index in [0.717, 1.165) is 12.8 Å². The van der Waals surface area contributed by atoms with Gasteiger partial charge in [0, 0.05) is 6.08 Å². The molecule has 0 rings (SSSR count). The van der Waals surface area contributed by atoms with E-state index in [0.29, 0.717) is 0 Å². The molecule has 0 fully saturated rings. The van der Waals surface area contributed by atoms with Gasteiger partial charge >= 0.3 is 12.4 Å². The molecule has 0 N–H and O–H groups in total. The average Bonchev–Trinajstić information content (AvgIpc) is 1.89. The summed E-state index contributed by atoms with van der Waals surface area (Å²) in [4.78, 5) is 19.9. The van der Waals surface area contributed by atoms with Crippen molar-refractivity contribution in [2.24, 2.45) is 0 Å². The molecule has 0 heterocycles. The van der Waals surface area contributed by atoms with Crippen LogP contribution in [0.1, 0.15) is 19.8 Å². The number of ether oxygens (including phenoxy) is 1. The number of hydrogen-bond acceptors (Lipinski definition) is 3. The SMILES string of the molecule is CCC/C=C\C(=O)OC=O. The number of carbonyl (C=O) groups is 2. The maximum Gasteiger partial charge on any atom is 0.337 e. The van der Waals surface area contributed by atoms with E-state index in [1.807, 2.05) is 6.92 Å². The van der Waals surface area contributed by atoms with Crippen LogP contribution in [0.5, 0.6) is 0 Å². The first kappa shape index (κ1) is 8.88. The number of allylic oxidation sites excluding steroid dienone is 1. The van der Waals surface area contributed by atoms with E-state index in [1.165, 1.54) is 6.08 Å². The Hall–Kier alpha value is -1.12. The zero-order valence-electron chi connectivity index (χ0n) is 5.87. The topological polar surface area (TPSA) is 43.4 Å². The number of carbonyl (C=O) groups excluding carboxylic acids is 2. The minimum Gasteiger partial charge on any atom is -0.392 e. The Morgan fingerprint density at radius 2 is 2.30 bits per heavy atom. The van der Waals surface area contributed by atoms with Crippen LogP contribution in [0.4, 0.5) is 0 Å². The maximum atomic E-state index is 10.4. The molecule has 0 aliphatic rings. The van der Waals surface area contributed by atoms with E-state index >= 15 is 0 Å². The van der Waals surface area contributed by atoms with Gasteiger partial charge in [0.25, 0.3) is 0 Å². The third-order valence-corrected chi connectivity index (χ3v) is 0.874. The molecule has 0 saturated heterocycles. The van der Waals surface area contributed by atoms with Crippen molar-refractivity contribution in [3.05, 3.63) is 12.2 Å². The van der Waals surface area contributed by atoms with Gasteiger partial charge in [-0.3, -0.25) is 4.79 Å². The van der Waals surface area contributed by atoms with E-state index in [-0.39, 0.29) is 6.47 Å². The third kappa shape index (κ3) is 5.03. The van der Waals surface area contributed by atoms with Crippen molar-refractivity contribution in [2.75, 3.05) is 0 Å². The first-order chi connectivity index (χ1) is 4.81. The van der Waals surface area contributed by atoms with E-state index in [4.69, 9.17) is 0 Å². The predicted octanol–water partition coefficient (Wildman–Crippen LogP) is 1.04. The Bertz CT molecular complexity index is 138. The van der Waals surface area contributed by atoms with Crippen LogP contribution in [0, 0.1) is 0 Å². The molecular weight excluding hydrogens is 132 g/mol. The molecule has 0 aliphatic carbocycles. The lowest BCUT2D eigenvalue weighted by Crippen LogP contribution is -1.96. The van der Waals surface area contributed by atoms with E-state index in [9.17, 15) is 9.59 Å². The highest BCUT2D eigenvalue weighted by Crippen LogP contribution is 1.88. The lowest BCUT2D eigenvalue weighted by Gasteiger charge is -1.86. The lowest BCUT2D eigenvalue weighted by atomic mass is 10.3. The van der Waals surface area contributed by atoms with E-state index < -0.39 is 5.97 Å². The van der Waals surface area contributed by atoms with Gasteiger partial charge in [-0.25, -0.2) is 4.79 Å².